The van der Waals surface area contributed by atoms with Gasteiger partial charge in [-0.25, -0.2) is 0 Å². The standard InChI is InChI=1S/C17H25NO/c19-12-14-6-4-13(5-7-14)11-18-17-3-1-2-16(10-17)15-8-9-15/h4-7,15-19H,1-3,8-12H2. The maximum absolute atomic E-state index is 9.03. The number of aliphatic hydroxyl groups is 1. The quantitative estimate of drug-likeness (QED) is 0.851. The molecule has 0 spiro atoms. The molecular formula is C17H25NO. The van der Waals surface area contributed by atoms with E-state index >= 15 is 0 Å². The predicted octanol–water partition coefficient (Wildman–Crippen LogP) is 3.24. The maximum atomic E-state index is 9.03. The molecule has 19 heavy (non-hydrogen) atoms. The van der Waals surface area contributed by atoms with Gasteiger partial charge in [0.2, 0.25) is 0 Å². The zero-order chi connectivity index (χ0) is 13.1. The van der Waals surface area contributed by atoms with Crippen LogP contribution in [0, 0.1) is 11.8 Å². The molecule has 1 aromatic carbocycles. The molecule has 1 aromatic rings. The van der Waals surface area contributed by atoms with E-state index in [-0.39, 0.29) is 6.61 Å². The summed E-state index contributed by atoms with van der Waals surface area (Å²) in [5.74, 6) is 2.07. The zero-order valence-corrected chi connectivity index (χ0v) is 11.6. The molecule has 104 valence electrons. The Labute approximate surface area is 116 Å². The second kappa shape index (κ2) is 6.06. The molecule has 2 heteroatoms. The van der Waals surface area contributed by atoms with E-state index in [1.165, 1.54) is 44.1 Å². The molecule has 2 saturated carbocycles. The highest BCUT2D eigenvalue weighted by atomic mass is 16.3. The molecule has 2 aliphatic rings. The summed E-state index contributed by atoms with van der Waals surface area (Å²) < 4.78 is 0. The van der Waals surface area contributed by atoms with Crippen LogP contribution < -0.4 is 5.32 Å². The molecule has 0 aliphatic heterocycles. The van der Waals surface area contributed by atoms with Crippen LogP contribution in [0.2, 0.25) is 0 Å². The second-order valence-corrected chi connectivity index (χ2v) is 6.32. The van der Waals surface area contributed by atoms with Crippen molar-refractivity contribution in [3.63, 3.8) is 0 Å². The van der Waals surface area contributed by atoms with Crippen molar-refractivity contribution in [2.24, 2.45) is 11.8 Å². The molecule has 2 nitrogen and oxygen atoms in total. The van der Waals surface area contributed by atoms with E-state index in [0.29, 0.717) is 0 Å². The van der Waals surface area contributed by atoms with Gasteiger partial charge in [-0.3, -0.25) is 0 Å². The van der Waals surface area contributed by atoms with E-state index in [4.69, 9.17) is 5.11 Å². The minimum Gasteiger partial charge on any atom is -0.392 e. The van der Waals surface area contributed by atoms with Crippen LogP contribution in [0.25, 0.3) is 0 Å². The lowest BCUT2D eigenvalue weighted by atomic mass is 9.82. The van der Waals surface area contributed by atoms with Crippen molar-refractivity contribution in [3.05, 3.63) is 35.4 Å². The van der Waals surface area contributed by atoms with Crippen LogP contribution in [0.15, 0.2) is 24.3 Å². The lowest BCUT2D eigenvalue weighted by Gasteiger charge is -2.30. The Hall–Kier alpha value is -0.860. The molecular weight excluding hydrogens is 234 g/mol. The SMILES string of the molecule is OCc1ccc(CNC2CCCC(C3CC3)C2)cc1. The largest absolute Gasteiger partial charge is 0.392 e. The van der Waals surface area contributed by atoms with E-state index in [2.05, 4.69) is 17.4 Å². The smallest absolute Gasteiger partial charge is 0.0681 e. The number of hydrogen-bond acceptors (Lipinski definition) is 2. The second-order valence-electron chi connectivity index (χ2n) is 6.32. The number of hydrogen-bond donors (Lipinski definition) is 2. The van der Waals surface area contributed by atoms with Gasteiger partial charge in [0, 0.05) is 12.6 Å². The fourth-order valence-electron chi connectivity index (χ4n) is 3.43. The molecule has 0 heterocycles. The lowest BCUT2D eigenvalue weighted by molar-refractivity contribution is 0.260. The Morgan fingerprint density at radius 3 is 2.37 bits per heavy atom. The summed E-state index contributed by atoms with van der Waals surface area (Å²) >= 11 is 0. The van der Waals surface area contributed by atoms with Crippen molar-refractivity contribution in [3.8, 4) is 0 Å². The van der Waals surface area contributed by atoms with Crippen LogP contribution in [-0.4, -0.2) is 11.1 Å². The maximum Gasteiger partial charge on any atom is 0.0681 e. The number of aliphatic hydroxyl groups excluding tert-OH is 1. The van der Waals surface area contributed by atoms with Gasteiger partial charge < -0.3 is 10.4 Å². The van der Waals surface area contributed by atoms with Gasteiger partial charge in [-0.1, -0.05) is 37.1 Å². The van der Waals surface area contributed by atoms with Crippen molar-refractivity contribution < 1.29 is 5.11 Å². The van der Waals surface area contributed by atoms with E-state index in [9.17, 15) is 0 Å². The molecule has 2 aliphatic carbocycles. The fourth-order valence-corrected chi connectivity index (χ4v) is 3.43. The normalized spacial score (nSPS) is 27.4. The van der Waals surface area contributed by atoms with Gasteiger partial charge in [-0.05, 0) is 48.6 Å². The van der Waals surface area contributed by atoms with Gasteiger partial charge in [-0.15, -0.1) is 0 Å². The van der Waals surface area contributed by atoms with Gasteiger partial charge in [0.05, 0.1) is 6.61 Å². The number of nitrogens with one attached hydrogen (secondary N) is 1. The molecule has 0 aromatic heterocycles. The van der Waals surface area contributed by atoms with Crippen LogP contribution in [0.1, 0.15) is 49.7 Å². The van der Waals surface area contributed by atoms with E-state index in [1.807, 2.05) is 12.1 Å². The zero-order valence-electron chi connectivity index (χ0n) is 11.6. The number of benzene rings is 1. The Morgan fingerprint density at radius 2 is 1.68 bits per heavy atom. The monoisotopic (exact) mass is 259 g/mol. The Morgan fingerprint density at radius 1 is 0.947 bits per heavy atom. The average molecular weight is 259 g/mol. The first kappa shape index (κ1) is 13.1. The third kappa shape index (κ3) is 3.58. The molecule has 0 saturated heterocycles. The minimum absolute atomic E-state index is 0.138. The highest BCUT2D eigenvalue weighted by Crippen LogP contribution is 2.43. The molecule has 2 N–H and O–H groups in total. The Bertz CT molecular complexity index is 396. The van der Waals surface area contributed by atoms with Gasteiger partial charge >= 0.3 is 0 Å². The first-order valence-corrected chi connectivity index (χ1v) is 7.77. The molecule has 2 fully saturated rings. The summed E-state index contributed by atoms with van der Waals surface area (Å²) in [7, 11) is 0. The predicted molar refractivity (Wildman–Crippen MR) is 77.7 cm³/mol. The lowest BCUT2D eigenvalue weighted by Crippen LogP contribution is -2.34. The van der Waals surface area contributed by atoms with Crippen LogP contribution in [0.3, 0.4) is 0 Å². The Balaban J connectivity index is 1.47. The van der Waals surface area contributed by atoms with Crippen molar-refractivity contribution in [1.82, 2.24) is 5.32 Å². The molecule has 2 unspecified atom stereocenters. The van der Waals surface area contributed by atoms with E-state index in [0.717, 1.165) is 30.0 Å². The topological polar surface area (TPSA) is 32.3 Å². The van der Waals surface area contributed by atoms with Crippen molar-refractivity contribution in [2.75, 3.05) is 0 Å². The number of rotatable bonds is 5. The molecule has 0 amide bonds. The summed E-state index contributed by atoms with van der Waals surface area (Å²) in [4.78, 5) is 0. The highest BCUT2D eigenvalue weighted by Gasteiger charge is 2.34. The average Bonchev–Trinajstić information content (AvgIpc) is 3.31. The van der Waals surface area contributed by atoms with Crippen LogP contribution in [-0.2, 0) is 13.2 Å². The van der Waals surface area contributed by atoms with Gasteiger partial charge in [0.1, 0.15) is 0 Å². The molecule has 0 radical (unpaired) electrons. The summed E-state index contributed by atoms with van der Waals surface area (Å²) in [6.07, 6.45) is 8.58. The van der Waals surface area contributed by atoms with Gasteiger partial charge in [-0.2, -0.15) is 0 Å². The van der Waals surface area contributed by atoms with Crippen LogP contribution in [0.5, 0.6) is 0 Å². The Kier molecular flexibility index (Phi) is 4.19. The fraction of sp³-hybridized carbons (Fsp3) is 0.647. The summed E-state index contributed by atoms with van der Waals surface area (Å²) in [6.45, 7) is 1.10. The minimum atomic E-state index is 0.138. The van der Waals surface area contributed by atoms with Gasteiger partial charge in [0.25, 0.3) is 0 Å². The molecule has 0 bridgehead atoms. The molecule has 2 atom stereocenters. The van der Waals surface area contributed by atoms with Crippen molar-refractivity contribution in [1.29, 1.82) is 0 Å². The summed E-state index contributed by atoms with van der Waals surface area (Å²) in [5, 5.41) is 12.8. The van der Waals surface area contributed by atoms with Gasteiger partial charge in [0.15, 0.2) is 0 Å². The highest BCUT2D eigenvalue weighted by molar-refractivity contribution is 5.21. The van der Waals surface area contributed by atoms with Crippen molar-refractivity contribution in [2.45, 2.75) is 57.7 Å². The first-order chi connectivity index (χ1) is 9.35. The van der Waals surface area contributed by atoms with E-state index < -0.39 is 0 Å². The summed E-state index contributed by atoms with van der Waals surface area (Å²) in [6, 6.07) is 9.01. The third-order valence-electron chi connectivity index (χ3n) is 4.80. The van der Waals surface area contributed by atoms with Crippen molar-refractivity contribution >= 4 is 0 Å². The first-order valence-electron chi connectivity index (χ1n) is 7.77. The summed E-state index contributed by atoms with van der Waals surface area (Å²) in [5.41, 5.74) is 2.32. The van der Waals surface area contributed by atoms with Crippen LogP contribution in [0.4, 0.5) is 0 Å². The third-order valence-corrected chi connectivity index (χ3v) is 4.80. The molecule has 3 rings (SSSR count). The van der Waals surface area contributed by atoms with Crippen LogP contribution >= 0.6 is 0 Å². The van der Waals surface area contributed by atoms with E-state index in [1.54, 1.807) is 0 Å².